The highest BCUT2D eigenvalue weighted by Crippen LogP contribution is 2.41. The van der Waals surface area contributed by atoms with Gasteiger partial charge in [-0.15, -0.1) is 0 Å². The number of methoxy groups -OCH3 is 1. The molecule has 5 nitrogen and oxygen atoms in total. The van der Waals surface area contributed by atoms with Crippen LogP contribution in [0.3, 0.4) is 0 Å². The third kappa shape index (κ3) is 3.65. The number of rotatable bonds is 5. The van der Waals surface area contributed by atoms with Crippen molar-refractivity contribution in [3.63, 3.8) is 0 Å². The van der Waals surface area contributed by atoms with E-state index in [1.807, 2.05) is 37.3 Å². The highest BCUT2D eigenvalue weighted by molar-refractivity contribution is 5.68. The lowest BCUT2D eigenvalue weighted by molar-refractivity contribution is 0.180. The summed E-state index contributed by atoms with van der Waals surface area (Å²) in [6.07, 6.45) is 9.81. The van der Waals surface area contributed by atoms with Crippen LogP contribution in [0.25, 0.3) is 11.1 Å². The molecule has 2 fully saturated rings. The van der Waals surface area contributed by atoms with Gasteiger partial charge < -0.3 is 9.64 Å². The zero-order chi connectivity index (χ0) is 18.8. The summed E-state index contributed by atoms with van der Waals surface area (Å²) in [6.45, 7) is 1.19. The second-order valence-electron chi connectivity index (χ2n) is 7.93. The largest absolute Gasteiger partial charge is 0.497 e. The van der Waals surface area contributed by atoms with E-state index >= 15 is 0 Å². The van der Waals surface area contributed by atoms with Crippen molar-refractivity contribution in [2.45, 2.75) is 50.6 Å². The molecule has 2 aliphatic rings. The Bertz CT molecular complexity index is 786. The summed E-state index contributed by atoms with van der Waals surface area (Å²) >= 11 is 0. The minimum Gasteiger partial charge on any atom is -0.497 e. The van der Waals surface area contributed by atoms with Crippen LogP contribution in [0.2, 0.25) is 0 Å². The van der Waals surface area contributed by atoms with Gasteiger partial charge in [-0.1, -0.05) is 25.0 Å². The number of hydrogen-bond acceptors (Lipinski definition) is 5. The van der Waals surface area contributed by atoms with Crippen molar-refractivity contribution in [3.05, 3.63) is 36.2 Å². The van der Waals surface area contributed by atoms with Crippen molar-refractivity contribution in [1.29, 1.82) is 0 Å². The maximum atomic E-state index is 5.45. The first kappa shape index (κ1) is 18.2. The monoisotopic (exact) mass is 366 g/mol. The van der Waals surface area contributed by atoms with Gasteiger partial charge in [-0.3, -0.25) is 4.90 Å². The number of nitrogens with zero attached hydrogens (tertiary/aromatic N) is 4. The van der Waals surface area contributed by atoms with Crippen molar-refractivity contribution in [2.75, 3.05) is 32.6 Å². The van der Waals surface area contributed by atoms with Crippen LogP contribution < -0.4 is 9.64 Å². The average molecular weight is 367 g/mol. The predicted octanol–water partition coefficient (Wildman–Crippen LogP) is 4.30. The molecule has 2 aromatic rings. The lowest BCUT2D eigenvalue weighted by Gasteiger charge is -2.31. The van der Waals surface area contributed by atoms with E-state index in [0.29, 0.717) is 12.1 Å². The third-order valence-electron chi connectivity index (χ3n) is 5.99. The minimum atomic E-state index is 0.385. The van der Waals surface area contributed by atoms with Gasteiger partial charge in [-0.05, 0) is 49.9 Å². The van der Waals surface area contributed by atoms with Crippen LogP contribution in [-0.4, -0.2) is 48.7 Å². The summed E-state index contributed by atoms with van der Waals surface area (Å²) in [5, 5.41) is 0. The van der Waals surface area contributed by atoms with E-state index in [-0.39, 0.29) is 0 Å². The molecule has 1 aliphatic heterocycles. The number of hydrogen-bond donors (Lipinski definition) is 0. The fourth-order valence-corrected chi connectivity index (χ4v) is 4.62. The lowest BCUT2D eigenvalue weighted by atomic mass is 9.99. The Kier molecular flexibility index (Phi) is 5.30. The highest BCUT2D eigenvalue weighted by atomic mass is 16.5. The highest BCUT2D eigenvalue weighted by Gasteiger charge is 2.35. The molecule has 0 bridgehead atoms. The van der Waals surface area contributed by atoms with Crippen LogP contribution in [0.5, 0.6) is 5.75 Å². The van der Waals surface area contributed by atoms with E-state index in [1.54, 1.807) is 7.11 Å². The zero-order valence-electron chi connectivity index (χ0n) is 16.7. The van der Waals surface area contributed by atoms with Crippen LogP contribution in [-0.2, 0) is 0 Å². The molecule has 144 valence electrons. The summed E-state index contributed by atoms with van der Waals surface area (Å²) in [5.41, 5.74) is 3.44. The van der Waals surface area contributed by atoms with E-state index < -0.39 is 0 Å². The van der Waals surface area contributed by atoms with Crippen molar-refractivity contribution in [2.24, 2.45) is 0 Å². The SMILES string of the molecule is COc1cccc(-c2cnc(N(C)C)nc2[C@H]2CCCN2C2CCCC2)c1. The van der Waals surface area contributed by atoms with Gasteiger partial charge in [0.2, 0.25) is 5.95 Å². The van der Waals surface area contributed by atoms with Crippen LogP contribution in [0, 0.1) is 0 Å². The van der Waals surface area contributed by atoms with Crippen molar-refractivity contribution >= 4 is 5.95 Å². The Labute approximate surface area is 162 Å². The molecule has 2 heterocycles. The van der Waals surface area contributed by atoms with Gasteiger partial charge in [0.05, 0.1) is 18.8 Å². The summed E-state index contributed by atoms with van der Waals surface area (Å²) < 4.78 is 5.45. The Morgan fingerprint density at radius 3 is 2.67 bits per heavy atom. The van der Waals surface area contributed by atoms with Crippen molar-refractivity contribution < 1.29 is 4.74 Å². The van der Waals surface area contributed by atoms with E-state index in [4.69, 9.17) is 9.72 Å². The molecule has 4 rings (SSSR count). The molecule has 0 radical (unpaired) electrons. The van der Waals surface area contributed by atoms with Crippen LogP contribution >= 0.6 is 0 Å². The number of benzene rings is 1. The van der Waals surface area contributed by atoms with Gasteiger partial charge in [0, 0.05) is 31.9 Å². The number of aromatic nitrogens is 2. The average Bonchev–Trinajstić information content (AvgIpc) is 3.38. The molecule has 1 aromatic carbocycles. The summed E-state index contributed by atoms with van der Waals surface area (Å²) in [4.78, 5) is 14.4. The Balaban J connectivity index is 1.77. The summed E-state index contributed by atoms with van der Waals surface area (Å²) in [5.74, 6) is 1.66. The first-order chi connectivity index (χ1) is 13.2. The van der Waals surface area contributed by atoms with Gasteiger partial charge in [0.15, 0.2) is 0 Å². The fraction of sp³-hybridized carbons (Fsp3) is 0.545. The van der Waals surface area contributed by atoms with Gasteiger partial charge in [0.25, 0.3) is 0 Å². The fourth-order valence-electron chi connectivity index (χ4n) is 4.62. The first-order valence-corrected chi connectivity index (χ1v) is 10.1. The molecule has 5 heteroatoms. The van der Waals surface area contributed by atoms with Gasteiger partial charge >= 0.3 is 0 Å². The molecular formula is C22H30N4O. The number of ether oxygens (including phenoxy) is 1. The second-order valence-corrected chi connectivity index (χ2v) is 7.93. The molecule has 1 saturated heterocycles. The maximum absolute atomic E-state index is 5.45. The first-order valence-electron chi connectivity index (χ1n) is 10.1. The molecular weight excluding hydrogens is 336 g/mol. The zero-order valence-corrected chi connectivity index (χ0v) is 16.7. The summed E-state index contributed by atoms with van der Waals surface area (Å²) in [7, 11) is 5.73. The molecule has 1 atom stereocenters. The maximum Gasteiger partial charge on any atom is 0.225 e. The molecule has 0 spiro atoms. The molecule has 0 unspecified atom stereocenters. The van der Waals surface area contributed by atoms with E-state index in [0.717, 1.165) is 22.8 Å². The van der Waals surface area contributed by atoms with Crippen LogP contribution in [0.4, 0.5) is 5.95 Å². The molecule has 1 saturated carbocycles. The van der Waals surface area contributed by atoms with Gasteiger partial charge in [0.1, 0.15) is 5.75 Å². The molecule has 1 aliphatic carbocycles. The smallest absolute Gasteiger partial charge is 0.225 e. The summed E-state index contributed by atoms with van der Waals surface area (Å²) in [6, 6.07) is 9.35. The standard InChI is InChI=1S/C22H30N4O/c1-25(2)22-23-15-19(16-8-6-11-18(14-16)27-3)21(24-22)20-12-7-13-26(20)17-9-4-5-10-17/h6,8,11,14-15,17,20H,4-5,7,9-10,12-13H2,1-3H3/t20-/m1/s1. The van der Waals surface area contributed by atoms with Crippen molar-refractivity contribution in [3.8, 4) is 16.9 Å². The third-order valence-corrected chi connectivity index (χ3v) is 5.99. The van der Waals surface area contributed by atoms with Crippen molar-refractivity contribution in [1.82, 2.24) is 14.9 Å². The molecule has 1 aromatic heterocycles. The normalized spacial score (nSPS) is 20.9. The molecule has 0 N–H and O–H groups in total. The lowest BCUT2D eigenvalue weighted by Crippen LogP contribution is -2.33. The van der Waals surface area contributed by atoms with Gasteiger partial charge in [-0.2, -0.15) is 0 Å². The Morgan fingerprint density at radius 1 is 1.11 bits per heavy atom. The van der Waals surface area contributed by atoms with E-state index in [2.05, 4.69) is 22.0 Å². The molecule has 27 heavy (non-hydrogen) atoms. The van der Waals surface area contributed by atoms with Crippen LogP contribution in [0.1, 0.15) is 50.3 Å². The second kappa shape index (κ2) is 7.85. The number of likely N-dealkylation sites (tertiary alicyclic amines) is 1. The van der Waals surface area contributed by atoms with E-state index in [9.17, 15) is 0 Å². The van der Waals surface area contributed by atoms with Crippen LogP contribution in [0.15, 0.2) is 30.5 Å². The quantitative estimate of drug-likeness (QED) is 0.789. The Morgan fingerprint density at radius 2 is 1.93 bits per heavy atom. The number of anilines is 1. The Hall–Kier alpha value is -2.14. The minimum absolute atomic E-state index is 0.385. The predicted molar refractivity (Wildman–Crippen MR) is 109 cm³/mol. The van der Waals surface area contributed by atoms with Gasteiger partial charge in [-0.25, -0.2) is 9.97 Å². The topological polar surface area (TPSA) is 41.5 Å². The molecule has 0 amide bonds. The van der Waals surface area contributed by atoms with E-state index in [1.165, 1.54) is 50.8 Å².